The zero-order valence-electron chi connectivity index (χ0n) is 17.9. The second-order valence-electron chi connectivity index (χ2n) is 7.75. The van der Waals surface area contributed by atoms with Gasteiger partial charge in [0.25, 0.3) is 0 Å². The minimum absolute atomic E-state index is 0.0684. The van der Waals surface area contributed by atoms with Crippen LogP contribution in [0.1, 0.15) is 32.8 Å². The maximum absolute atomic E-state index is 11.9. The van der Waals surface area contributed by atoms with Gasteiger partial charge in [0.05, 0.1) is 31.5 Å². The lowest BCUT2D eigenvalue weighted by Crippen LogP contribution is -2.33. The van der Waals surface area contributed by atoms with Crippen molar-refractivity contribution in [1.29, 1.82) is 0 Å². The number of carbonyl (C=O) groups excluding carboxylic acids is 2. The van der Waals surface area contributed by atoms with Crippen LogP contribution in [-0.2, 0) is 16.0 Å². The van der Waals surface area contributed by atoms with Crippen molar-refractivity contribution in [3.63, 3.8) is 0 Å². The molecule has 0 fully saturated rings. The van der Waals surface area contributed by atoms with Crippen molar-refractivity contribution in [2.75, 3.05) is 23.7 Å². The third-order valence-corrected chi connectivity index (χ3v) is 5.21. The van der Waals surface area contributed by atoms with Crippen molar-refractivity contribution in [3.05, 3.63) is 49.9 Å². The van der Waals surface area contributed by atoms with Crippen molar-refractivity contribution in [3.8, 4) is 0 Å². The smallest absolute Gasteiger partial charge is 0.407 e. The second kappa shape index (κ2) is 12.3. The predicted molar refractivity (Wildman–Crippen MR) is 134 cm³/mol. The summed E-state index contributed by atoms with van der Waals surface area (Å²) in [5, 5.41) is 4.08. The summed E-state index contributed by atoms with van der Waals surface area (Å²) in [5.41, 5.74) is 18.0. The molecule has 0 bridgehead atoms. The molecule has 176 valence electrons. The monoisotopic (exact) mass is 522 g/mol. The number of nitrogens with two attached hydrogens (primary N) is 3. The molecule has 0 spiro atoms. The maximum atomic E-state index is 11.9. The normalized spacial score (nSPS) is 10.7. The van der Waals surface area contributed by atoms with Gasteiger partial charge in [-0.25, -0.2) is 4.79 Å². The van der Waals surface area contributed by atoms with Gasteiger partial charge in [-0.1, -0.05) is 46.4 Å². The van der Waals surface area contributed by atoms with Crippen LogP contribution in [0.2, 0.25) is 20.1 Å². The zero-order chi connectivity index (χ0) is 24.6. The van der Waals surface area contributed by atoms with E-state index >= 15 is 0 Å². The number of alkyl carbamates (subject to hydrolysis) is 1. The van der Waals surface area contributed by atoms with Crippen molar-refractivity contribution >= 4 is 75.3 Å². The Kier molecular flexibility index (Phi) is 10.7. The first-order valence-electron chi connectivity index (χ1n) is 9.41. The van der Waals surface area contributed by atoms with Gasteiger partial charge in [-0.05, 0) is 50.6 Å². The molecular formula is C21H26Cl4N4O3. The number of ketones is 1. The maximum Gasteiger partial charge on any atom is 0.407 e. The standard InChI is InChI=1S/C15H20Cl2N2O3.C6H6Cl2N2/c1-15(2,3)22-14(21)19-5-4-10(20)6-9-7-11(16)12(17)8-13(9)18;7-3-1-5(9)6(10)2-4(3)8/h7-8H,4-6,18H2,1-3H3,(H,19,21);1-2H,9-10H2. The fraction of sp³-hybridized carbons (Fsp3) is 0.333. The van der Waals surface area contributed by atoms with E-state index in [1.54, 1.807) is 26.8 Å². The summed E-state index contributed by atoms with van der Waals surface area (Å²) < 4.78 is 5.07. The lowest BCUT2D eigenvalue weighted by atomic mass is 10.1. The van der Waals surface area contributed by atoms with Crippen LogP contribution in [0.5, 0.6) is 0 Å². The summed E-state index contributed by atoms with van der Waals surface area (Å²) in [7, 11) is 0. The molecule has 7 N–H and O–H groups in total. The van der Waals surface area contributed by atoms with E-state index in [0.29, 0.717) is 42.7 Å². The number of carbonyl (C=O) groups is 2. The molecule has 0 heterocycles. The Morgan fingerprint density at radius 1 is 0.844 bits per heavy atom. The summed E-state index contributed by atoms with van der Waals surface area (Å²) in [6, 6.07) is 6.16. The number of benzene rings is 2. The molecule has 0 aliphatic carbocycles. The molecule has 2 aromatic carbocycles. The number of halogens is 4. The van der Waals surface area contributed by atoms with E-state index in [1.165, 1.54) is 18.2 Å². The van der Waals surface area contributed by atoms with Gasteiger partial charge in [-0.2, -0.15) is 0 Å². The molecule has 11 heteroatoms. The van der Waals surface area contributed by atoms with E-state index in [4.69, 9.17) is 68.3 Å². The second-order valence-corrected chi connectivity index (χ2v) is 9.38. The highest BCUT2D eigenvalue weighted by Crippen LogP contribution is 2.29. The summed E-state index contributed by atoms with van der Waals surface area (Å²) >= 11 is 23.0. The van der Waals surface area contributed by atoms with Gasteiger partial charge in [0.15, 0.2) is 0 Å². The van der Waals surface area contributed by atoms with Crippen LogP contribution in [0.15, 0.2) is 24.3 Å². The molecule has 32 heavy (non-hydrogen) atoms. The molecule has 0 aliphatic heterocycles. The number of rotatable bonds is 5. The Hall–Kier alpha value is -2.06. The molecule has 0 radical (unpaired) electrons. The number of Topliss-reactive ketones (excluding diaryl/α,β-unsaturated/α-hetero) is 1. The molecule has 0 aromatic heterocycles. The topological polar surface area (TPSA) is 133 Å². The zero-order valence-corrected chi connectivity index (χ0v) is 20.9. The van der Waals surface area contributed by atoms with Crippen LogP contribution in [0, 0.1) is 0 Å². The third kappa shape index (κ3) is 10.0. The summed E-state index contributed by atoms with van der Waals surface area (Å²) in [4.78, 5) is 23.3. The van der Waals surface area contributed by atoms with Crippen molar-refractivity contribution in [2.24, 2.45) is 0 Å². The Morgan fingerprint density at radius 2 is 1.28 bits per heavy atom. The molecule has 0 unspecified atom stereocenters. The summed E-state index contributed by atoms with van der Waals surface area (Å²) in [5.74, 6) is -0.0684. The molecule has 0 saturated carbocycles. The van der Waals surface area contributed by atoms with Gasteiger partial charge >= 0.3 is 6.09 Å². The first kappa shape index (κ1) is 28.0. The average Bonchev–Trinajstić information content (AvgIpc) is 2.63. The number of hydrogen-bond acceptors (Lipinski definition) is 6. The molecule has 2 aromatic rings. The minimum atomic E-state index is -0.567. The Bertz CT molecular complexity index is 928. The van der Waals surface area contributed by atoms with Gasteiger partial charge in [0.2, 0.25) is 0 Å². The van der Waals surface area contributed by atoms with Crippen molar-refractivity contribution in [1.82, 2.24) is 5.32 Å². The van der Waals surface area contributed by atoms with Gasteiger partial charge in [-0.15, -0.1) is 0 Å². The predicted octanol–water partition coefficient (Wildman–Crippen LogP) is 5.76. The van der Waals surface area contributed by atoms with Gasteiger partial charge in [0, 0.05) is 25.1 Å². The molecule has 0 aliphatic rings. The van der Waals surface area contributed by atoms with E-state index in [-0.39, 0.29) is 25.2 Å². The van der Waals surface area contributed by atoms with Gasteiger partial charge in [-0.3, -0.25) is 4.79 Å². The molecule has 2 rings (SSSR count). The van der Waals surface area contributed by atoms with Gasteiger partial charge < -0.3 is 27.3 Å². The largest absolute Gasteiger partial charge is 0.444 e. The Balaban J connectivity index is 0.000000425. The lowest BCUT2D eigenvalue weighted by molar-refractivity contribution is -0.118. The van der Waals surface area contributed by atoms with Crippen LogP contribution in [0.3, 0.4) is 0 Å². The minimum Gasteiger partial charge on any atom is -0.444 e. The van der Waals surface area contributed by atoms with Crippen LogP contribution in [-0.4, -0.2) is 24.0 Å². The fourth-order valence-corrected chi connectivity index (χ4v) is 2.96. The Labute approximate surface area is 207 Å². The summed E-state index contributed by atoms with van der Waals surface area (Å²) in [6.45, 7) is 5.51. The van der Waals surface area contributed by atoms with E-state index < -0.39 is 11.7 Å². The SMILES string of the molecule is CC(C)(C)OC(=O)NCCC(=O)Cc1cc(Cl)c(Cl)cc1N.Nc1cc(Cl)c(Cl)cc1N. The summed E-state index contributed by atoms with van der Waals surface area (Å²) in [6.07, 6.45) is -0.230. The van der Waals surface area contributed by atoms with Crippen molar-refractivity contribution < 1.29 is 14.3 Å². The number of anilines is 3. The fourth-order valence-electron chi connectivity index (χ4n) is 2.25. The molecular weight excluding hydrogens is 498 g/mol. The van der Waals surface area contributed by atoms with Crippen LogP contribution >= 0.6 is 46.4 Å². The Morgan fingerprint density at radius 3 is 1.75 bits per heavy atom. The third-order valence-electron chi connectivity index (χ3n) is 3.77. The molecule has 0 atom stereocenters. The highest BCUT2D eigenvalue weighted by molar-refractivity contribution is 6.42. The van der Waals surface area contributed by atoms with E-state index in [1.807, 2.05) is 0 Å². The van der Waals surface area contributed by atoms with E-state index in [9.17, 15) is 9.59 Å². The molecule has 7 nitrogen and oxygen atoms in total. The first-order chi connectivity index (χ1) is 14.7. The lowest BCUT2D eigenvalue weighted by Gasteiger charge is -2.19. The van der Waals surface area contributed by atoms with E-state index in [0.717, 1.165) is 0 Å². The number of nitrogens with one attached hydrogen (secondary N) is 1. The number of ether oxygens (including phenoxy) is 1. The average molecular weight is 524 g/mol. The first-order valence-corrected chi connectivity index (χ1v) is 10.9. The number of amides is 1. The molecule has 0 saturated heterocycles. The highest BCUT2D eigenvalue weighted by Gasteiger charge is 2.16. The van der Waals surface area contributed by atoms with Crippen LogP contribution in [0.25, 0.3) is 0 Å². The van der Waals surface area contributed by atoms with Crippen LogP contribution in [0.4, 0.5) is 21.9 Å². The quantitative estimate of drug-likeness (QED) is 0.368. The van der Waals surface area contributed by atoms with Gasteiger partial charge in [0.1, 0.15) is 11.4 Å². The van der Waals surface area contributed by atoms with E-state index in [2.05, 4.69) is 5.32 Å². The molecule has 1 amide bonds. The van der Waals surface area contributed by atoms with Crippen LogP contribution < -0.4 is 22.5 Å². The number of nitrogen functional groups attached to an aromatic ring is 3. The highest BCUT2D eigenvalue weighted by atomic mass is 35.5. The van der Waals surface area contributed by atoms with Crippen molar-refractivity contribution in [2.45, 2.75) is 39.2 Å². The number of hydrogen-bond donors (Lipinski definition) is 4.